The van der Waals surface area contributed by atoms with Crippen molar-refractivity contribution in [2.45, 2.75) is 153 Å². The number of unbranched alkanes of at least 4 members (excludes halogenated alkanes) is 1. The van der Waals surface area contributed by atoms with E-state index in [9.17, 15) is 0 Å². The number of anilines is 2. The van der Waals surface area contributed by atoms with Gasteiger partial charge in [-0.25, -0.2) is 0 Å². The van der Waals surface area contributed by atoms with E-state index in [1.807, 2.05) is 12.2 Å². The molecule has 15 rings (SSSR count). The van der Waals surface area contributed by atoms with Gasteiger partial charge >= 0.3 is 0 Å². The predicted octanol–water partition coefficient (Wildman–Crippen LogP) is 23.1. The second-order valence-electron chi connectivity index (χ2n) is 30.9. The smallest absolute Gasteiger partial charge is 0.119 e. The zero-order valence-electron chi connectivity index (χ0n) is 57.0. The van der Waals surface area contributed by atoms with Gasteiger partial charge in [-0.05, 0) is 210 Å². The molecular formula is C92H100N2O. The summed E-state index contributed by atoms with van der Waals surface area (Å²) in [6.07, 6.45) is 56.0. The van der Waals surface area contributed by atoms with Gasteiger partial charge in [0.25, 0.3) is 0 Å². The summed E-state index contributed by atoms with van der Waals surface area (Å²) >= 11 is 0. The Bertz CT molecular complexity index is 4030. The standard InChI is InChI=1S/C92H100N2O/c1-7-64-26-30-68(31-27-64)71-34-35-73-58-82(52-42-72(73)57-71)95-62-63(3)19-17-18-56-92(77-20-11-9-12-21-77)87-25-16-15-24-83(87)84-53-51-81(61-88(84)92)93(79-47-38-67(39-48-79)66-36-45-76(46-37-66)91(4,5)6)80-49-40-70(41-50-80)75-44-55-90-86(60-75)85-59-74(69-32-28-65(8-2)29-33-69)43-54-89(85)94(90)78-22-13-10-14-23-78/h7-14,16,20-23,25-38,40-42,44-45,47,49-50,52,54-55,58,60-61,63,67,71,74,76,79,81,83-87,90H,1-2,15,17-19,24,39,43,46,48,51,53,56-57,59,62H2,3-6H3/t63?,67?,71?,74?,76-,79?,81?,83?,84?,85?,86?,87?,90?,92?/m1/s1. The molecule has 0 bridgehead atoms. The molecule has 3 nitrogen and oxygen atoms in total. The Hall–Kier alpha value is -8.14. The lowest BCUT2D eigenvalue weighted by molar-refractivity contribution is 0.242. The number of ether oxygens (including phenoxy) is 1. The lowest BCUT2D eigenvalue weighted by Crippen LogP contribution is -2.45. The second-order valence-corrected chi connectivity index (χ2v) is 30.9. The minimum Gasteiger partial charge on any atom is -0.493 e. The van der Waals surface area contributed by atoms with Crippen LogP contribution in [0.1, 0.15) is 168 Å². The third-order valence-corrected chi connectivity index (χ3v) is 24.3. The van der Waals surface area contributed by atoms with Crippen LogP contribution >= 0.6 is 0 Å². The van der Waals surface area contributed by atoms with Crippen LogP contribution in [0, 0.1) is 52.8 Å². The lowest BCUT2D eigenvalue weighted by atomic mass is 9.63. The summed E-state index contributed by atoms with van der Waals surface area (Å²) in [4.78, 5) is 5.58. The molecule has 0 amide bonds. The molecule has 9 aliphatic rings. The van der Waals surface area contributed by atoms with Crippen LogP contribution in [0.4, 0.5) is 11.4 Å². The second kappa shape index (κ2) is 27.2. The van der Waals surface area contributed by atoms with Gasteiger partial charge < -0.3 is 14.5 Å². The molecule has 2 fully saturated rings. The molecule has 1 aliphatic heterocycles. The molecule has 484 valence electrons. The van der Waals surface area contributed by atoms with Crippen LogP contribution in [0.15, 0.2) is 261 Å². The van der Waals surface area contributed by atoms with Gasteiger partial charge in [0.05, 0.1) is 12.6 Å². The number of hydrogen-bond acceptors (Lipinski definition) is 3. The third-order valence-electron chi connectivity index (χ3n) is 24.3. The van der Waals surface area contributed by atoms with E-state index in [0.29, 0.717) is 65.2 Å². The molecule has 0 aromatic heterocycles. The molecule has 3 heteroatoms. The van der Waals surface area contributed by atoms with Gasteiger partial charge in [-0.3, -0.25) is 0 Å². The summed E-state index contributed by atoms with van der Waals surface area (Å²) in [5, 5.41) is 0. The fraction of sp³-hybridized carbons (Fsp3) is 0.370. The molecule has 6 aromatic carbocycles. The van der Waals surface area contributed by atoms with Crippen LogP contribution in [0.2, 0.25) is 0 Å². The molecule has 8 aliphatic carbocycles. The zero-order chi connectivity index (χ0) is 64.6. The highest BCUT2D eigenvalue weighted by atomic mass is 16.5. The Morgan fingerprint density at radius 1 is 0.663 bits per heavy atom. The maximum atomic E-state index is 6.62. The topological polar surface area (TPSA) is 15.7 Å². The lowest BCUT2D eigenvalue weighted by Gasteiger charge is -2.45. The first kappa shape index (κ1) is 62.9. The summed E-state index contributed by atoms with van der Waals surface area (Å²) < 4.78 is 6.62. The van der Waals surface area contributed by atoms with Crippen LogP contribution in [-0.4, -0.2) is 24.7 Å². The molecule has 0 N–H and O–H groups in total. The molecule has 1 heterocycles. The fourth-order valence-corrected chi connectivity index (χ4v) is 19.1. The van der Waals surface area contributed by atoms with Crippen molar-refractivity contribution in [2.24, 2.45) is 52.8 Å². The number of hydrogen-bond donors (Lipinski definition) is 0. The van der Waals surface area contributed by atoms with Gasteiger partial charge in [0.15, 0.2) is 0 Å². The van der Waals surface area contributed by atoms with Gasteiger partial charge in [-0.1, -0.05) is 272 Å². The average molecular weight is 1250 g/mol. The molecule has 1 saturated heterocycles. The highest BCUT2D eigenvalue weighted by Crippen LogP contribution is 2.64. The van der Waals surface area contributed by atoms with E-state index in [0.717, 1.165) is 56.4 Å². The Morgan fingerprint density at radius 2 is 1.42 bits per heavy atom. The summed E-state index contributed by atoms with van der Waals surface area (Å²) in [7, 11) is 0. The normalized spacial score (nSPS) is 28.9. The summed E-state index contributed by atoms with van der Waals surface area (Å²) in [5.41, 5.74) is 19.7. The molecule has 14 atom stereocenters. The van der Waals surface area contributed by atoms with Crippen LogP contribution < -0.4 is 14.5 Å². The van der Waals surface area contributed by atoms with E-state index in [-0.39, 0.29) is 22.9 Å². The van der Waals surface area contributed by atoms with E-state index in [1.165, 1.54) is 119 Å². The third kappa shape index (κ3) is 12.6. The highest BCUT2D eigenvalue weighted by Gasteiger charge is 2.57. The van der Waals surface area contributed by atoms with E-state index in [4.69, 9.17) is 4.74 Å². The predicted molar refractivity (Wildman–Crippen MR) is 402 cm³/mol. The Labute approximate surface area is 569 Å². The molecular weight excluding hydrogens is 1150 g/mol. The van der Waals surface area contributed by atoms with Crippen molar-refractivity contribution in [3.8, 4) is 5.75 Å². The average Bonchev–Trinajstić information content (AvgIpc) is 1.56. The molecule has 95 heavy (non-hydrogen) atoms. The number of nitrogens with zero attached hydrogens (tertiary/aromatic N) is 2. The van der Waals surface area contributed by atoms with Gasteiger partial charge in [0.2, 0.25) is 0 Å². The Balaban J connectivity index is 0.703. The minimum atomic E-state index is -0.0398. The van der Waals surface area contributed by atoms with Crippen molar-refractivity contribution in [1.82, 2.24) is 0 Å². The maximum absolute atomic E-state index is 6.62. The Kier molecular flexibility index (Phi) is 18.0. The SMILES string of the molecule is C=Cc1ccc(C2C=Cc3cc(OCC(C)CCCCC4(c5ccccc5)C5=CC(N(c6ccc(C7=CC8C9CC(c%10ccc(C=C)cc%10)CC=C9N(c9ccccc9)C8C=C7)cc6)C6C=CC(C7=CC[C@H](C(C)(C)C)C=C7)CC6)CCC5C5CCC=CC54)ccc3C2)cc1. The van der Waals surface area contributed by atoms with Gasteiger partial charge in [0, 0.05) is 58.2 Å². The quantitative estimate of drug-likeness (QED) is 0.0594. The van der Waals surface area contributed by atoms with E-state index < -0.39 is 0 Å². The Morgan fingerprint density at radius 3 is 2.15 bits per heavy atom. The van der Waals surface area contributed by atoms with Crippen molar-refractivity contribution in [3.63, 3.8) is 0 Å². The monoisotopic (exact) mass is 1250 g/mol. The zero-order valence-corrected chi connectivity index (χ0v) is 57.0. The molecule has 1 saturated carbocycles. The van der Waals surface area contributed by atoms with Crippen LogP contribution in [0.25, 0.3) is 23.8 Å². The highest BCUT2D eigenvalue weighted by molar-refractivity contribution is 5.78. The summed E-state index contributed by atoms with van der Waals surface area (Å²) in [5.74, 6) is 5.96. The fourth-order valence-electron chi connectivity index (χ4n) is 19.1. The van der Waals surface area contributed by atoms with Crippen LogP contribution in [-0.2, 0) is 11.8 Å². The molecule has 0 spiro atoms. The number of benzene rings is 6. The van der Waals surface area contributed by atoms with Crippen LogP contribution in [0.5, 0.6) is 5.75 Å². The summed E-state index contributed by atoms with van der Waals surface area (Å²) in [6.45, 7) is 18.3. The first-order chi connectivity index (χ1) is 46.5. The van der Waals surface area contributed by atoms with Crippen molar-refractivity contribution >= 4 is 35.2 Å². The van der Waals surface area contributed by atoms with Crippen LogP contribution in [0.3, 0.4) is 0 Å². The minimum absolute atomic E-state index is 0.0398. The first-order valence-electron chi connectivity index (χ1n) is 36.7. The van der Waals surface area contributed by atoms with Crippen molar-refractivity contribution < 1.29 is 4.74 Å². The summed E-state index contributed by atoms with van der Waals surface area (Å²) in [6, 6.07) is 58.7. The van der Waals surface area contributed by atoms with Crippen molar-refractivity contribution in [2.75, 3.05) is 16.4 Å². The number of para-hydroxylation sites is 1. The van der Waals surface area contributed by atoms with Gasteiger partial charge in [0.1, 0.15) is 5.75 Å². The molecule has 13 unspecified atom stereocenters. The van der Waals surface area contributed by atoms with Crippen molar-refractivity contribution in [3.05, 3.63) is 305 Å². The molecule has 6 aromatic rings. The van der Waals surface area contributed by atoms with E-state index >= 15 is 0 Å². The number of allylic oxidation sites excluding steroid dienone is 13. The molecule has 0 radical (unpaired) electrons. The largest absolute Gasteiger partial charge is 0.493 e. The number of fused-ring (bicyclic) bond motifs is 7. The van der Waals surface area contributed by atoms with E-state index in [1.54, 1.807) is 5.57 Å². The van der Waals surface area contributed by atoms with Crippen molar-refractivity contribution in [1.29, 1.82) is 0 Å². The maximum Gasteiger partial charge on any atom is 0.119 e. The first-order valence-corrected chi connectivity index (χ1v) is 36.7. The van der Waals surface area contributed by atoms with Gasteiger partial charge in [-0.2, -0.15) is 0 Å². The van der Waals surface area contributed by atoms with E-state index in [2.05, 4.69) is 287 Å². The van der Waals surface area contributed by atoms with Gasteiger partial charge in [-0.15, -0.1) is 0 Å². The number of rotatable bonds is 19.